The highest BCUT2D eigenvalue weighted by atomic mass is 32.2. The zero-order valence-corrected chi connectivity index (χ0v) is 16.4. The number of hydrogen-bond donors (Lipinski definition) is 0. The second kappa shape index (κ2) is 8.45. The summed E-state index contributed by atoms with van der Waals surface area (Å²) in [5.74, 6) is 0.878. The van der Waals surface area contributed by atoms with Crippen LogP contribution in [-0.4, -0.2) is 15.3 Å². The summed E-state index contributed by atoms with van der Waals surface area (Å²) >= 11 is 1.65. The number of nitrogens with zero attached hydrogens (tertiary/aromatic N) is 3. The Balaban J connectivity index is 1.59. The van der Waals surface area contributed by atoms with Crippen LogP contribution in [0.4, 0.5) is 0 Å². The number of nitriles is 1. The van der Waals surface area contributed by atoms with Crippen molar-refractivity contribution < 1.29 is 0 Å². The summed E-state index contributed by atoms with van der Waals surface area (Å²) in [4.78, 5) is 17.9. The van der Waals surface area contributed by atoms with Crippen LogP contribution < -0.4 is 5.56 Å². The van der Waals surface area contributed by atoms with Gasteiger partial charge in [0.1, 0.15) is 0 Å². The number of benzene rings is 2. The molecule has 0 saturated heterocycles. The van der Waals surface area contributed by atoms with E-state index in [4.69, 9.17) is 10.2 Å². The van der Waals surface area contributed by atoms with Gasteiger partial charge >= 0.3 is 0 Å². The summed E-state index contributed by atoms with van der Waals surface area (Å²) in [7, 11) is 0. The van der Waals surface area contributed by atoms with Gasteiger partial charge in [-0.2, -0.15) is 5.26 Å². The molecule has 28 heavy (non-hydrogen) atoms. The third kappa shape index (κ3) is 4.02. The van der Waals surface area contributed by atoms with Crippen molar-refractivity contribution in [3.05, 3.63) is 92.9 Å². The van der Waals surface area contributed by atoms with Gasteiger partial charge in [-0.05, 0) is 48.9 Å². The monoisotopic (exact) mass is 387 g/mol. The van der Waals surface area contributed by atoms with Gasteiger partial charge in [0.2, 0.25) is 0 Å². The van der Waals surface area contributed by atoms with Crippen molar-refractivity contribution in [1.29, 1.82) is 5.26 Å². The van der Waals surface area contributed by atoms with Crippen LogP contribution in [-0.2, 0) is 25.8 Å². The van der Waals surface area contributed by atoms with Gasteiger partial charge in [0.25, 0.3) is 5.56 Å². The van der Waals surface area contributed by atoms with Crippen molar-refractivity contribution in [3.63, 3.8) is 0 Å². The van der Waals surface area contributed by atoms with E-state index in [1.165, 1.54) is 5.56 Å². The summed E-state index contributed by atoms with van der Waals surface area (Å²) in [5.41, 5.74) is 4.86. The highest BCUT2D eigenvalue weighted by molar-refractivity contribution is 7.99. The summed E-state index contributed by atoms with van der Waals surface area (Å²) in [6.07, 6.45) is 3.67. The van der Waals surface area contributed by atoms with Gasteiger partial charge in [-0.3, -0.25) is 9.36 Å². The lowest BCUT2D eigenvalue weighted by atomic mass is 10.1. The topological polar surface area (TPSA) is 58.7 Å². The average molecular weight is 388 g/mol. The van der Waals surface area contributed by atoms with E-state index in [0.717, 1.165) is 53.4 Å². The zero-order valence-electron chi connectivity index (χ0n) is 15.6. The van der Waals surface area contributed by atoms with E-state index >= 15 is 0 Å². The van der Waals surface area contributed by atoms with E-state index in [0.29, 0.717) is 12.1 Å². The van der Waals surface area contributed by atoms with Crippen LogP contribution in [0.5, 0.6) is 0 Å². The second-order valence-corrected chi connectivity index (χ2v) is 8.02. The molecule has 2 aromatic carbocycles. The summed E-state index contributed by atoms with van der Waals surface area (Å²) in [6.45, 7) is 0.485. The summed E-state index contributed by atoms with van der Waals surface area (Å²) in [5, 5.41) is 9.78. The highest BCUT2D eigenvalue weighted by Gasteiger charge is 2.21. The highest BCUT2D eigenvalue weighted by Crippen LogP contribution is 2.23. The Hall–Kier alpha value is -2.84. The van der Waals surface area contributed by atoms with E-state index in [-0.39, 0.29) is 5.56 Å². The molecule has 0 unspecified atom stereocenters. The molecule has 1 heterocycles. The lowest BCUT2D eigenvalue weighted by molar-refractivity contribution is 0.631. The van der Waals surface area contributed by atoms with E-state index in [9.17, 15) is 4.79 Å². The Bertz CT molecular complexity index is 1070. The van der Waals surface area contributed by atoms with Crippen LogP contribution in [0, 0.1) is 11.3 Å². The zero-order chi connectivity index (χ0) is 19.3. The van der Waals surface area contributed by atoms with Crippen molar-refractivity contribution in [1.82, 2.24) is 9.55 Å². The van der Waals surface area contributed by atoms with Gasteiger partial charge in [-0.25, -0.2) is 4.98 Å². The number of rotatable bonds is 6. The maximum atomic E-state index is 13.1. The average Bonchev–Trinajstić information content (AvgIpc) is 3.21. The number of thioether (sulfide) groups is 1. The van der Waals surface area contributed by atoms with Crippen molar-refractivity contribution in [3.8, 4) is 6.07 Å². The fourth-order valence-electron chi connectivity index (χ4n) is 3.53. The maximum absolute atomic E-state index is 13.1. The molecule has 5 heteroatoms. The van der Waals surface area contributed by atoms with E-state index in [2.05, 4.69) is 30.3 Å². The van der Waals surface area contributed by atoms with Crippen LogP contribution >= 0.6 is 11.8 Å². The van der Waals surface area contributed by atoms with Gasteiger partial charge in [-0.1, -0.05) is 54.2 Å². The molecule has 0 aliphatic heterocycles. The first-order valence-corrected chi connectivity index (χ1v) is 10.5. The van der Waals surface area contributed by atoms with Crippen LogP contribution in [0.25, 0.3) is 0 Å². The standard InChI is InChI=1S/C23H21N3OS/c24-15-18-9-11-19(12-10-18)16-26-22(27)20-7-4-8-21(20)25-23(26)28-14-13-17-5-2-1-3-6-17/h1-3,5-6,9-12H,4,7-8,13-14,16H2. The lowest BCUT2D eigenvalue weighted by Crippen LogP contribution is -2.27. The molecule has 1 aliphatic rings. The molecule has 0 atom stereocenters. The number of fused-ring (bicyclic) bond motifs is 1. The molecule has 3 aromatic rings. The molecule has 1 aliphatic carbocycles. The molecule has 1 aromatic heterocycles. The van der Waals surface area contributed by atoms with Gasteiger partial charge in [0.05, 0.1) is 23.9 Å². The lowest BCUT2D eigenvalue weighted by Gasteiger charge is -2.14. The molecule has 0 spiro atoms. The Labute approximate surface area is 168 Å². The predicted molar refractivity (Wildman–Crippen MR) is 112 cm³/mol. The third-order valence-electron chi connectivity index (χ3n) is 5.04. The predicted octanol–water partition coefficient (Wildman–Crippen LogP) is 3.99. The Morgan fingerprint density at radius 2 is 1.82 bits per heavy atom. The SMILES string of the molecule is N#Cc1ccc(Cn2c(SCCc3ccccc3)nc3c(c2=O)CCC3)cc1. The first-order chi connectivity index (χ1) is 13.7. The van der Waals surface area contributed by atoms with Crippen LogP contribution in [0.1, 0.15) is 34.4 Å². The first-order valence-electron chi connectivity index (χ1n) is 9.53. The van der Waals surface area contributed by atoms with Gasteiger partial charge in [0, 0.05) is 11.3 Å². The Morgan fingerprint density at radius 3 is 2.57 bits per heavy atom. The van der Waals surface area contributed by atoms with Crippen molar-refractivity contribution in [2.24, 2.45) is 0 Å². The maximum Gasteiger partial charge on any atom is 0.257 e. The fourth-order valence-corrected chi connectivity index (χ4v) is 4.53. The molecule has 0 N–H and O–H groups in total. The van der Waals surface area contributed by atoms with E-state index < -0.39 is 0 Å². The summed E-state index contributed by atoms with van der Waals surface area (Å²) < 4.78 is 1.81. The molecule has 0 amide bonds. The number of hydrogen-bond acceptors (Lipinski definition) is 4. The van der Waals surface area contributed by atoms with Crippen LogP contribution in [0.3, 0.4) is 0 Å². The van der Waals surface area contributed by atoms with Crippen molar-refractivity contribution in [2.45, 2.75) is 37.4 Å². The minimum Gasteiger partial charge on any atom is -0.283 e. The molecule has 0 fully saturated rings. The molecule has 0 saturated carbocycles. The Kier molecular flexibility index (Phi) is 5.59. The quantitative estimate of drug-likeness (QED) is 0.474. The first kappa shape index (κ1) is 18.5. The molecular weight excluding hydrogens is 366 g/mol. The largest absolute Gasteiger partial charge is 0.283 e. The molecule has 4 nitrogen and oxygen atoms in total. The molecular formula is C23H21N3OS. The molecule has 0 radical (unpaired) electrons. The van der Waals surface area contributed by atoms with Gasteiger partial charge < -0.3 is 0 Å². The second-order valence-electron chi connectivity index (χ2n) is 6.96. The van der Waals surface area contributed by atoms with Crippen LogP contribution in [0.2, 0.25) is 0 Å². The summed E-state index contributed by atoms with van der Waals surface area (Å²) in [6, 6.07) is 19.9. The minimum atomic E-state index is 0.0917. The minimum absolute atomic E-state index is 0.0917. The smallest absolute Gasteiger partial charge is 0.257 e. The Morgan fingerprint density at radius 1 is 1.04 bits per heavy atom. The molecule has 140 valence electrons. The van der Waals surface area contributed by atoms with Gasteiger partial charge in [-0.15, -0.1) is 0 Å². The molecule has 0 bridgehead atoms. The normalized spacial score (nSPS) is 12.5. The third-order valence-corrected chi connectivity index (χ3v) is 6.02. The fraction of sp³-hybridized carbons (Fsp3) is 0.261. The number of aromatic nitrogens is 2. The van der Waals surface area contributed by atoms with Crippen molar-refractivity contribution >= 4 is 11.8 Å². The van der Waals surface area contributed by atoms with Crippen molar-refractivity contribution in [2.75, 3.05) is 5.75 Å². The number of aryl methyl sites for hydroxylation is 2. The molecule has 4 rings (SSSR count). The van der Waals surface area contributed by atoms with Crippen LogP contribution in [0.15, 0.2) is 64.5 Å². The van der Waals surface area contributed by atoms with E-state index in [1.54, 1.807) is 28.5 Å². The van der Waals surface area contributed by atoms with Gasteiger partial charge in [0.15, 0.2) is 5.16 Å². The van der Waals surface area contributed by atoms with E-state index in [1.807, 2.05) is 18.2 Å².